The number of amides is 1. The molecule has 3 saturated heterocycles. The van der Waals surface area contributed by atoms with E-state index in [1.165, 1.54) is 0 Å². The van der Waals surface area contributed by atoms with Crippen LogP contribution in [0.2, 0.25) is 0 Å². The molecule has 0 aromatic rings. The first kappa shape index (κ1) is 22.9. The Morgan fingerprint density at radius 1 is 1.32 bits per heavy atom. The Kier molecular flexibility index (Phi) is 10.6. The summed E-state index contributed by atoms with van der Waals surface area (Å²) in [5.41, 5.74) is 0. The normalized spacial score (nSPS) is 33.5. The third kappa shape index (κ3) is 6.21. The van der Waals surface area contributed by atoms with E-state index in [-0.39, 0.29) is 19.9 Å². The van der Waals surface area contributed by atoms with Crippen molar-refractivity contribution in [2.45, 2.75) is 57.0 Å². The molecule has 25 heavy (non-hydrogen) atoms. The van der Waals surface area contributed by atoms with Crippen molar-refractivity contribution in [3.63, 3.8) is 0 Å². The summed E-state index contributed by atoms with van der Waals surface area (Å²) in [7, 11) is 0. The zero-order chi connectivity index (χ0) is 17.5. The molecule has 1 amide bonds. The zero-order valence-electron chi connectivity index (χ0n) is 13.5. The Balaban J connectivity index is 0.00000312. The van der Waals surface area contributed by atoms with E-state index in [0.717, 1.165) is 5.75 Å². The number of fused-ring (bicyclic) bond motifs is 6. The molecule has 2 bridgehead atoms. The minimum atomic E-state index is -1.18. The molecule has 3 aliphatic heterocycles. The van der Waals surface area contributed by atoms with Crippen LogP contribution in [-0.2, 0) is 19.0 Å². The molecule has 5 unspecified atom stereocenters. The highest BCUT2D eigenvalue weighted by Gasteiger charge is 2.46. The van der Waals surface area contributed by atoms with Crippen molar-refractivity contribution in [3.8, 4) is 0 Å². The van der Waals surface area contributed by atoms with Crippen molar-refractivity contribution >= 4 is 29.4 Å². The minimum absolute atomic E-state index is 0. The van der Waals surface area contributed by atoms with E-state index in [0.29, 0.717) is 26.1 Å². The third-order valence-electron chi connectivity index (χ3n) is 4.06. The maximum absolute atomic E-state index is 12.2. The lowest BCUT2D eigenvalue weighted by molar-refractivity contribution is -0.292. The quantitative estimate of drug-likeness (QED) is 0.437. The average Bonchev–Trinajstić information content (AvgIpc) is 2.72. The molecule has 0 aliphatic carbocycles. The molecule has 3 fully saturated rings. The SMILES string of the molecule is C.CSCC[C@H](NCl)C(=O)NCC1OC2OCCCOC1C(O)C2O. The van der Waals surface area contributed by atoms with E-state index in [2.05, 4.69) is 10.2 Å². The Morgan fingerprint density at radius 3 is 2.72 bits per heavy atom. The van der Waals surface area contributed by atoms with Crippen LogP contribution >= 0.6 is 23.5 Å². The molecule has 6 atom stereocenters. The second-order valence-electron chi connectivity index (χ2n) is 5.77. The summed E-state index contributed by atoms with van der Waals surface area (Å²) in [5, 5.41) is 23.0. The first-order valence-electron chi connectivity index (χ1n) is 7.96. The van der Waals surface area contributed by atoms with Gasteiger partial charge in [0.2, 0.25) is 5.91 Å². The topological polar surface area (TPSA) is 109 Å². The van der Waals surface area contributed by atoms with Crippen LogP contribution in [0.15, 0.2) is 0 Å². The number of rotatable bonds is 7. The minimum Gasteiger partial charge on any atom is -0.387 e. The molecule has 148 valence electrons. The Morgan fingerprint density at radius 2 is 2.04 bits per heavy atom. The molecule has 10 heteroatoms. The van der Waals surface area contributed by atoms with Gasteiger partial charge in [-0.2, -0.15) is 11.8 Å². The molecule has 0 aromatic carbocycles. The summed E-state index contributed by atoms with van der Waals surface area (Å²) in [6.07, 6.45) is -1.41. The largest absolute Gasteiger partial charge is 0.387 e. The van der Waals surface area contributed by atoms with Crippen molar-refractivity contribution < 1.29 is 29.2 Å². The molecular formula is C15H29ClN2O6S. The molecule has 8 nitrogen and oxygen atoms in total. The number of thioether (sulfide) groups is 1. The molecule has 0 spiro atoms. The molecule has 0 radical (unpaired) electrons. The molecular weight excluding hydrogens is 372 g/mol. The van der Waals surface area contributed by atoms with Gasteiger partial charge >= 0.3 is 0 Å². The van der Waals surface area contributed by atoms with Gasteiger partial charge in [0.05, 0.1) is 6.61 Å². The van der Waals surface area contributed by atoms with Gasteiger partial charge in [-0.3, -0.25) is 4.79 Å². The lowest BCUT2D eigenvalue weighted by atomic mass is 9.98. The lowest BCUT2D eigenvalue weighted by Crippen LogP contribution is -2.61. The van der Waals surface area contributed by atoms with Crippen LogP contribution in [-0.4, -0.2) is 84.6 Å². The first-order chi connectivity index (χ1) is 11.6. The van der Waals surface area contributed by atoms with Crippen LogP contribution in [0.1, 0.15) is 20.3 Å². The molecule has 3 heterocycles. The predicted octanol–water partition coefficient (Wildman–Crippen LogP) is -0.144. The number of aliphatic hydroxyl groups is 2. The number of halogens is 1. The van der Waals surface area contributed by atoms with E-state index in [9.17, 15) is 15.0 Å². The molecule has 0 aromatic heterocycles. The summed E-state index contributed by atoms with van der Waals surface area (Å²) in [6, 6.07) is -0.514. The third-order valence-corrected chi connectivity index (χ3v) is 4.97. The number of carbonyl (C=O) groups is 1. The lowest BCUT2D eigenvalue weighted by Gasteiger charge is -2.41. The molecule has 3 aliphatic rings. The summed E-state index contributed by atoms with van der Waals surface area (Å²) in [6.45, 7) is 0.878. The van der Waals surface area contributed by atoms with Crippen LogP contribution in [0, 0.1) is 0 Å². The van der Waals surface area contributed by atoms with Crippen LogP contribution in [0.5, 0.6) is 0 Å². The van der Waals surface area contributed by atoms with E-state index in [1.807, 2.05) is 6.26 Å². The van der Waals surface area contributed by atoms with E-state index in [1.54, 1.807) is 11.8 Å². The van der Waals surface area contributed by atoms with Gasteiger partial charge in [-0.15, -0.1) is 0 Å². The Bertz CT molecular complexity index is 406. The number of carbonyl (C=O) groups excluding carboxylic acids is 1. The van der Waals surface area contributed by atoms with Gasteiger partial charge in [0, 0.05) is 13.2 Å². The number of hydrogen-bond acceptors (Lipinski definition) is 8. The maximum Gasteiger partial charge on any atom is 0.238 e. The molecule has 0 saturated carbocycles. The van der Waals surface area contributed by atoms with Crippen molar-refractivity contribution in [1.29, 1.82) is 0 Å². The fourth-order valence-corrected chi connectivity index (χ4v) is 3.37. The van der Waals surface area contributed by atoms with Gasteiger partial charge < -0.3 is 29.7 Å². The first-order valence-corrected chi connectivity index (χ1v) is 9.73. The summed E-state index contributed by atoms with van der Waals surface area (Å²) in [4.78, 5) is 14.7. The van der Waals surface area contributed by atoms with Crippen LogP contribution in [0.4, 0.5) is 0 Å². The number of hydrogen-bond donors (Lipinski definition) is 4. The van der Waals surface area contributed by atoms with Crippen molar-refractivity contribution in [3.05, 3.63) is 0 Å². The Hall–Kier alpha value is -0.130. The Labute approximate surface area is 158 Å². The second-order valence-corrected chi connectivity index (χ2v) is 6.98. The van der Waals surface area contributed by atoms with E-state index >= 15 is 0 Å². The highest BCUT2D eigenvalue weighted by atomic mass is 35.5. The van der Waals surface area contributed by atoms with Crippen molar-refractivity contribution in [2.24, 2.45) is 0 Å². The van der Waals surface area contributed by atoms with E-state index in [4.69, 9.17) is 26.0 Å². The summed E-state index contributed by atoms with van der Waals surface area (Å²) in [5.74, 6) is 0.541. The standard InChI is InChI=1S/C14H25ClN2O6S.CH4/c1-24-6-3-8(17-15)13(20)16-7-9-12-10(18)11(19)14(23-9)22-5-2-4-21-12;/h8-12,14,17-19H,2-7H2,1H3,(H,16,20);1H4/t8-,9?,10?,11?,12?,14?;/m0./s1. The second kappa shape index (κ2) is 11.6. The molecule has 4 N–H and O–H groups in total. The fourth-order valence-electron chi connectivity index (χ4n) is 2.69. The monoisotopic (exact) mass is 400 g/mol. The molecule has 3 rings (SSSR count). The number of aliphatic hydroxyl groups excluding tert-OH is 2. The van der Waals surface area contributed by atoms with Gasteiger partial charge in [0.25, 0.3) is 0 Å². The summed E-state index contributed by atoms with van der Waals surface area (Å²) >= 11 is 7.25. The number of nitrogens with one attached hydrogen (secondary N) is 2. The number of ether oxygens (including phenoxy) is 3. The van der Waals surface area contributed by atoms with Gasteiger partial charge in [-0.1, -0.05) is 7.43 Å². The van der Waals surface area contributed by atoms with Crippen LogP contribution in [0.25, 0.3) is 0 Å². The predicted molar refractivity (Wildman–Crippen MR) is 96.5 cm³/mol. The highest BCUT2D eigenvalue weighted by Crippen LogP contribution is 2.26. The van der Waals surface area contributed by atoms with Crippen molar-refractivity contribution in [2.75, 3.05) is 31.8 Å². The smallest absolute Gasteiger partial charge is 0.238 e. The average molecular weight is 401 g/mol. The summed E-state index contributed by atoms with van der Waals surface area (Å²) < 4.78 is 16.7. The van der Waals surface area contributed by atoms with Gasteiger partial charge in [-0.05, 0) is 36.6 Å². The maximum atomic E-state index is 12.2. The van der Waals surface area contributed by atoms with Gasteiger partial charge in [0.15, 0.2) is 6.29 Å². The van der Waals surface area contributed by atoms with E-state index < -0.39 is 36.7 Å². The van der Waals surface area contributed by atoms with Crippen molar-refractivity contribution in [1.82, 2.24) is 10.2 Å². The van der Waals surface area contributed by atoms with Crippen LogP contribution < -0.4 is 10.2 Å². The highest BCUT2D eigenvalue weighted by molar-refractivity contribution is 7.98. The van der Waals surface area contributed by atoms with Gasteiger partial charge in [0.1, 0.15) is 30.5 Å². The van der Waals surface area contributed by atoms with Gasteiger partial charge in [-0.25, -0.2) is 4.84 Å². The fraction of sp³-hybridized carbons (Fsp3) is 0.933. The zero-order valence-corrected chi connectivity index (χ0v) is 15.1. The van der Waals surface area contributed by atoms with Crippen LogP contribution in [0.3, 0.4) is 0 Å².